The summed E-state index contributed by atoms with van der Waals surface area (Å²) in [6.45, 7) is 1.91. The van der Waals surface area contributed by atoms with Gasteiger partial charge in [-0.2, -0.15) is 0 Å². The van der Waals surface area contributed by atoms with Crippen LogP contribution < -0.4 is 5.32 Å². The molecule has 0 radical (unpaired) electrons. The Kier molecular flexibility index (Phi) is 6.52. The Morgan fingerprint density at radius 3 is 2.39 bits per heavy atom. The Morgan fingerprint density at radius 2 is 1.89 bits per heavy atom. The Hall–Kier alpha value is -0.200. The first-order valence-corrected chi connectivity index (χ1v) is 8.77. The largest absolute Gasteiger partial charge is 0.350 e. The van der Waals surface area contributed by atoms with Gasteiger partial charge in [-0.25, -0.2) is 0 Å². The summed E-state index contributed by atoms with van der Waals surface area (Å²) in [6, 6.07) is 5.43. The standard InChI is InChI=1S/C12H15Br2NO2S/c1-8(3-4-18(2)17)15-12(16)9-5-10(13)7-11(14)6-9/h5-8H,3-4H2,1-2H3,(H,15,16). The molecule has 0 aliphatic rings. The Bertz CT molecular complexity index is 445. The molecule has 2 unspecified atom stereocenters. The number of nitrogens with one attached hydrogen (secondary N) is 1. The summed E-state index contributed by atoms with van der Waals surface area (Å²) in [4.78, 5) is 12.0. The minimum atomic E-state index is -0.819. The van der Waals surface area contributed by atoms with Crippen LogP contribution in [-0.4, -0.2) is 28.2 Å². The van der Waals surface area contributed by atoms with Crippen molar-refractivity contribution in [1.82, 2.24) is 5.32 Å². The minimum absolute atomic E-state index is 0.0131. The molecular formula is C12H15Br2NO2S. The quantitative estimate of drug-likeness (QED) is 0.831. The fraction of sp³-hybridized carbons (Fsp3) is 0.417. The zero-order chi connectivity index (χ0) is 13.7. The summed E-state index contributed by atoms with van der Waals surface area (Å²) in [5, 5.41) is 2.89. The second kappa shape index (κ2) is 7.40. The lowest BCUT2D eigenvalue weighted by Crippen LogP contribution is -2.33. The van der Waals surface area contributed by atoms with Crippen LogP contribution in [0.15, 0.2) is 27.1 Å². The molecule has 0 fully saturated rings. The van der Waals surface area contributed by atoms with E-state index in [0.29, 0.717) is 17.7 Å². The number of hydrogen-bond donors (Lipinski definition) is 1. The molecule has 0 heterocycles. The lowest BCUT2D eigenvalue weighted by atomic mass is 10.2. The van der Waals surface area contributed by atoms with Crippen LogP contribution in [0.1, 0.15) is 23.7 Å². The van der Waals surface area contributed by atoms with Crippen molar-refractivity contribution in [3.8, 4) is 0 Å². The van der Waals surface area contributed by atoms with E-state index in [1.54, 1.807) is 18.4 Å². The number of benzene rings is 1. The van der Waals surface area contributed by atoms with Crippen molar-refractivity contribution >= 4 is 48.6 Å². The van der Waals surface area contributed by atoms with Crippen LogP contribution in [-0.2, 0) is 10.8 Å². The number of carbonyl (C=O) groups excluding carboxylic acids is 1. The fourth-order valence-electron chi connectivity index (χ4n) is 1.41. The molecule has 0 saturated carbocycles. The third-order valence-electron chi connectivity index (χ3n) is 2.34. The smallest absolute Gasteiger partial charge is 0.251 e. The van der Waals surface area contributed by atoms with E-state index in [0.717, 1.165) is 8.95 Å². The molecule has 3 nitrogen and oxygen atoms in total. The maximum absolute atomic E-state index is 12.0. The summed E-state index contributed by atoms with van der Waals surface area (Å²) in [6.07, 6.45) is 2.38. The summed E-state index contributed by atoms with van der Waals surface area (Å²) < 4.78 is 12.7. The summed E-state index contributed by atoms with van der Waals surface area (Å²) in [5.74, 6) is 0.482. The van der Waals surface area contributed by atoms with E-state index in [9.17, 15) is 9.00 Å². The maximum Gasteiger partial charge on any atom is 0.251 e. The third kappa shape index (κ3) is 5.63. The zero-order valence-electron chi connectivity index (χ0n) is 10.2. The van der Waals surface area contributed by atoms with E-state index in [1.165, 1.54) is 0 Å². The molecule has 1 rings (SSSR count). The number of amides is 1. The number of hydrogen-bond acceptors (Lipinski definition) is 2. The van der Waals surface area contributed by atoms with Crippen LogP contribution in [0.4, 0.5) is 0 Å². The van der Waals surface area contributed by atoms with Gasteiger partial charge in [-0.05, 0) is 31.5 Å². The molecule has 0 aliphatic heterocycles. The molecule has 1 aromatic rings. The number of rotatable bonds is 5. The van der Waals surface area contributed by atoms with Crippen molar-refractivity contribution in [3.63, 3.8) is 0 Å². The van der Waals surface area contributed by atoms with Crippen molar-refractivity contribution in [3.05, 3.63) is 32.7 Å². The zero-order valence-corrected chi connectivity index (χ0v) is 14.2. The highest BCUT2D eigenvalue weighted by atomic mass is 79.9. The van der Waals surface area contributed by atoms with Gasteiger partial charge in [-0.1, -0.05) is 31.9 Å². The number of carbonyl (C=O) groups is 1. The molecule has 18 heavy (non-hydrogen) atoms. The molecule has 1 aromatic carbocycles. The van der Waals surface area contributed by atoms with Crippen LogP contribution in [0.2, 0.25) is 0 Å². The molecule has 100 valence electrons. The summed E-state index contributed by atoms with van der Waals surface area (Å²) in [7, 11) is -0.819. The van der Waals surface area contributed by atoms with Gasteiger partial charge in [0.05, 0.1) is 0 Å². The van der Waals surface area contributed by atoms with E-state index < -0.39 is 10.8 Å². The van der Waals surface area contributed by atoms with E-state index in [4.69, 9.17) is 0 Å². The lowest BCUT2D eigenvalue weighted by molar-refractivity contribution is 0.0939. The van der Waals surface area contributed by atoms with E-state index in [1.807, 2.05) is 13.0 Å². The predicted octanol–water partition coefficient (Wildman–Crippen LogP) is 3.10. The highest BCUT2D eigenvalue weighted by molar-refractivity contribution is 9.11. The SMILES string of the molecule is CC(CCS(C)=O)NC(=O)c1cc(Br)cc(Br)c1. The molecular weight excluding hydrogens is 382 g/mol. The van der Waals surface area contributed by atoms with Crippen molar-refractivity contribution in [2.45, 2.75) is 19.4 Å². The van der Waals surface area contributed by atoms with Gasteiger partial charge >= 0.3 is 0 Å². The first-order chi connectivity index (χ1) is 8.38. The Morgan fingerprint density at radius 1 is 1.33 bits per heavy atom. The third-order valence-corrected chi connectivity index (χ3v) is 4.07. The van der Waals surface area contributed by atoms with Gasteiger partial charge in [0.15, 0.2) is 0 Å². The molecule has 0 aromatic heterocycles. The molecule has 0 bridgehead atoms. The molecule has 0 saturated heterocycles. The van der Waals surface area contributed by atoms with E-state index in [-0.39, 0.29) is 11.9 Å². The Balaban J connectivity index is 2.61. The van der Waals surface area contributed by atoms with E-state index in [2.05, 4.69) is 37.2 Å². The van der Waals surface area contributed by atoms with Gasteiger partial charge in [0.25, 0.3) is 5.91 Å². The van der Waals surface area contributed by atoms with Crippen LogP contribution in [0.3, 0.4) is 0 Å². The molecule has 0 spiro atoms. The van der Waals surface area contributed by atoms with Gasteiger partial charge in [0.1, 0.15) is 0 Å². The van der Waals surface area contributed by atoms with Gasteiger partial charge in [0, 0.05) is 43.4 Å². The van der Waals surface area contributed by atoms with Crippen LogP contribution in [0, 0.1) is 0 Å². The summed E-state index contributed by atoms with van der Waals surface area (Å²) >= 11 is 6.69. The average Bonchev–Trinajstić information content (AvgIpc) is 2.25. The van der Waals surface area contributed by atoms with Crippen LogP contribution in [0.5, 0.6) is 0 Å². The van der Waals surface area contributed by atoms with Crippen molar-refractivity contribution in [2.75, 3.05) is 12.0 Å². The van der Waals surface area contributed by atoms with Gasteiger partial charge < -0.3 is 5.32 Å². The molecule has 1 N–H and O–H groups in total. The normalized spacial score (nSPS) is 14.0. The van der Waals surface area contributed by atoms with Crippen LogP contribution >= 0.6 is 31.9 Å². The molecule has 2 atom stereocenters. The molecule has 6 heteroatoms. The highest BCUT2D eigenvalue weighted by Crippen LogP contribution is 2.20. The van der Waals surface area contributed by atoms with Crippen molar-refractivity contribution < 1.29 is 9.00 Å². The lowest BCUT2D eigenvalue weighted by Gasteiger charge is -2.13. The first-order valence-electron chi connectivity index (χ1n) is 5.45. The topological polar surface area (TPSA) is 46.2 Å². The van der Waals surface area contributed by atoms with Crippen LogP contribution in [0.25, 0.3) is 0 Å². The average molecular weight is 397 g/mol. The van der Waals surface area contributed by atoms with Crippen molar-refractivity contribution in [2.24, 2.45) is 0 Å². The number of halogens is 2. The molecule has 1 amide bonds. The predicted molar refractivity (Wildman–Crippen MR) is 82.3 cm³/mol. The second-order valence-corrected chi connectivity index (χ2v) is 7.48. The highest BCUT2D eigenvalue weighted by Gasteiger charge is 2.11. The van der Waals surface area contributed by atoms with E-state index >= 15 is 0 Å². The first kappa shape index (κ1) is 15.9. The van der Waals surface area contributed by atoms with Gasteiger partial charge in [-0.3, -0.25) is 9.00 Å². The monoisotopic (exact) mass is 395 g/mol. The van der Waals surface area contributed by atoms with Crippen molar-refractivity contribution in [1.29, 1.82) is 0 Å². The molecule has 0 aliphatic carbocycles. The maximum atomic E-state index is 12.0. The second-order valence-electron chi connectivity index (χ2n) is 4.10. The van der Waals surface area contributed by atoms with Gasteiger partial charge in [-0.15, -0.1) is 0 Å². The van der Waals surface area contributed by atoms with Gasteiger partial charge in [0.2, 0.25) is 0 Å². The Labute approximate surface area is 126 Å². The summed E-state index contributed by atoms with van der Waals surface area (Å²) in [5.41, 5.74) is 0.598. The fourth-order valence-corrected chi connectivity index (χ4v) is 3.39. The minimum Gasteiger partial charge on any atom is -0.350 e.